The highest BCUT2D eigenvalue weighted by atomic mass is 32.2. The lowest BCUT2D eigenvalue weighted by molar-refractivity contribution is 0.424. The van der Waals surface area contributed by atoms with Crippen LogP contribution in [0.2, 0.25) is 0 Å². The van der Waals surface area contributed by atoms with Crippen LogP contribution in [0.4, 0.5) is 11.4 Å². The van der Waals surface area contributed by atoms with Crippen molar-refractivity contribution in [2.75, 3.05) is 5.75 Å². The molecule has 1 aromatic carbocycles. The molecule has 0 aliphatic heterocycles. The maximum atomic E-state index is 11.6. The van der Waals surface area contributed by atoms with Crippen LogP contribution in [0.25, 0.3) is 0 Å². The van der Waals surface area contributed by atoms with Crippen LogP contribution in [-0.4, -0.2) is 15.4 Å². The van der Waals surface area contributed by atoms with E-state index >= 15 is 0 Å². The molecule has 0 bridgehead atoms. The summed E-state index contributed by atoms with van der Waals surface area (Å²) < 4.78 is 1.15. The van der Waals surface area contributed by atoms with Gasteiger partial charge in [0.2, 0.25) is 5.88 Å². The van der Waals surface area contributed by atoms with E-state index in [1.54, 1.807) is 6.92 Å². The van der Waals surface area contributed by atoms with Gasteiger partial charge in [-0.15, -0.1) is 16.9 Å². The van der Waals surface area contributed by atoms with Crippen molar-refractivity contribution in [3.8, 4) is 5.88 Å². The normalized spacial score (nSPS) is 11.3. The number of rotatable bonds is 6. The molecule has 122 valence electrons. The van der Waals surface area contributed by atoms with Crippen LogP contribution < -0.4 is 5.56 Å². The number of benzene rings is 1. The molecule has 2 rings (SSSR count). The fourth-order valence-electron chi connectivity index (χ4n) is 1.96. The summed E-state index contributed by atoms with van der Waals surface area (Å²) in [6.07, 6.45) is 2.40. The van der Waals surface area contributed by atoms with Crippen LogP contribution >= 0.6 is 11.8 Å². The maximum absolute atomic E-state index is 11.6. The van der Waals surface area contributed by atoms with E-state index in [-0.39, 0.29) is 11.4 Å². The third-order valence-electron chi connectivity index (χ3n) is 3.44. The lowest BCUT2D eigenvalue weighted by atomic mass is 10.2. The SMILES string of the molecule is CCCCSc1ccc(N=Nc2c(C)cc(=O)n(C)c2O)cc1. The van der Waals surface area contributed by atoms with Crippen molar-refractivity contribution in [1.82, 2.24) is 4.57 Å². The van der Waals surface area contributed by atoms with Crippen molar-refractivity contribution >= 4 is 23.1 Å². The Labute approximate surface area is 140 Å². The predicted molar refractivity (Wildman–Crippen MR) is 94.3 cm³/mol. The molecule has 0 aliphatic carbocycles. The van der Waals surface area contributed by atoms with Gasteiger partial charge in [-0.05, 0) is 48.9 Å². The van der Waals surface area contributed by atoms with Crippen molar-refractivity contribution < 1.29 is 5.11 Å². The number of thioether (sulfide) groups is 1. The van der Waals surface area contributed by atoms with Gasteiger partial charge >= 0.3 is 0 Å². The Bertz CT molecular complexity index is 752. The molecule has 0 unspecified atom stereocenters. The summed E-state index contributed by atoms with van der Waals surface area (Å²) in [5.74, 6) is 0.938. The minimum Gasteiger partial charge on any atom is -0.493 e. The first-order valence-corrected chi connectivity index (χ1v) is 8.55. The molecule has 0 amide bonds. The summed E-state index contributed by atoms with van der Waals surface area (Å²) in [7, 11) is 1.50. The fourth-order valence-corrected chi connectivity index (χ4v) is 2.96. The molecule has 0 aliphatic rings. The highest BCUT2D eigenvalue weighted by Gasteiger charge is 2.09. The highest BCUT2D eigenvalue weighted by molar-refractivity contribution is 7.99. The van der Waals surface area contributed by atoms with Gasteiger partial charge in [-0.1, -0.05) is 13.3 Å². The lowest BCUT2D eigenvalue weighted by Gasteiger charge is -2.06. The van der Waals surface area contributed by atoms with Gasteiger partial charge in [0.1, 0.15) is 5.69 Å². The van der Waals surface area contributed by atoms with Gasteiger partial charge in [0.05, 0.1) is 5.69 Å². The monoisotopic (exact) mass is 331 g/mol. The van der Waals surface area contributed by atoms with E-state index in [9.17, 15) is 9.90 Å². The minimum atomic E-state index is -0.271. The molecular formula is C17H21N3O2S. The van der Waals surface area contributed by atoms with Crippen molar-refractivity contribution in [3.63, 3.8) is 0 Å². The van der Waals surface area contributed by atoms with Gasteiger partial charge in [0.25, 0.3) is 5.56 Å². The van der Waals surface area contributed by atoms with Crippen LogP contribution in [0, 0.1) is 6.92 Å². The van der Waals surface area contributed by atoms with E-state index < -0.39 is 0 Å². The van der Waals surface area contributed by atoms with Gasteiger partial charge in [0, 0.05) is 18.0 Å². The summed E-state index contributed by atoms with van der Waals surface area (Å²) in [5.41, 5.74) is 1.35. The van der Waals surface area contributed by atoms with E-state index in [0.29, 0.717) is 16.9 Å². The summed E-state index contributed by atoms with van der Waals surface area (Å²) >= 11 is 1.83. The molecule has 2 aromatic rings. The average Bonchev–Trinajstić information content (AvgIpc) is 2.54. The van der Waals surface area contributed by atoms with E-state index in [1.165, 1.54) is 30.9 Å². The quantitative estimate of drug-likeness (QED) is 0.473. The molecule has 0 atom stereocenters. The van der Waals surface area contributed by atoms with Gasteiger partial charge < -0.3 is 5.11 Å². The predicted octanol–water partition coefficient (Wildman–Crippen LogP) is 4.71. The number of nitrogens with zero attached hydrogens (tertiary/aromatic N) is 3. The van der Waals surface area contributed by atoms with Crippen molar-refractivity contribution in [3.05, 3.63) is 46.2 Å². The fraction of sp³-hybridized carbons (Fsp3) is 0.353. The number of azo groups is 1. The van der Waals surface area contributed by atoms with Gasteiger partial charge in [0.15, 0.2) is 0 Å². The number of hydrogen-bond acceptors (Lipinski definition) is 5. The second kappa shape index (κ2) is 7.97. The zero-order chi connectivity index (χ0) is 16.8. The standard InChI is InChI=1S/C17H21N3O2S/c1-4-5-10-23-14-8-6-13(7-9-14)18-19-16-12(2)11-15(21)20(3)17(16)22/h6-9,11,22H,4-5,10H2,1-3H3. The minimum absolute atomic E-state index is 0.175. The number of unbranched alkanes of at least 4 members (excludes halogenated alkanes) is 1. The van der Waals surface area contributed by atoms with E-state index in [1.807, 2.05) is 36.0 Å². The first-order valence-electron chi connectivity index (χ1n) is 7.57. The molecule has 0 saturated heterocycles. The molecule has 0 saturated carbocycles. The number of aromatic nitrogens is 1. The molecule has 1 aromatic heterocycles. The zero-order valence-electron chi connectivity index (χ0n) is 13.6. The summed E-state index contributed by atoms with van der Waals surface area (Å²) in [6.45, 7) is 3.91. The van der Waals surface area contributed by atoms with E-state index in [0.717, 1.165) is 10.3 Å². The summed E-state index contributed by atoms with van der Waals surface area (Å²) in [4.78, 5) is 12.8. The zero-order valence-corrected chi connectivity index (χ0v) is 14.4. The van der Waals surface area contributed by atoms with Crippen molar-refractivity contribution in [2.24, 2.45) is 17.3 Å². The Balaban J connectivity index is 2.15. The third kappa shape index (κ3) is 4.45. The van der Waals surface area contributed by atoms with Crippen LogP contribution in [0.3, 0.4) is 0 Å². The molecule has 0 fully saturated rings. The van der Waals surface area contributed by atoms with Crippen LogP contribution in [0.1, 0.15) is 25.3 Å². The second-order valence-electron chi connectivity index (χ2n) is 5.29. The molecule has 1 heterocycles. The highest BCUT2D eigenvalue weighted by Crippen LogP contribution is 2.30. The number of aromatic hydroxyl groups is 1. The smallest absolute Gasteiger partial charge is 0.253 e. The molecule has 1 N–H and O–H groups in total. The molecule has 6 heteroatoms. The Hall–Kier alpha value is -2.08. The van der Waals surface area contributed by atoms with E-state index in [2.05, 4.69) is 17.2 Å². The van der Waals surface area contributed by atoms with Crippen molar-refractivity contribution in [1.29, 1.82) is 0 Å². The van der Waals surface area contributed by atoms with Crippen LogP contribution in [0.5, 0.6) is 5.88 Å². The van der Waals surface area contributed by atoms with Gasteiger partial charge in [-0.2, -0.15) is 5.11 Å². The van der Waals surface area contributed by atoms with Gasteiger partial charge in [-0.3, -0.25) is 9.36 Å². The number of pyridine rings is 1. The molecular weight excluding hydrogens is 310 g/mol. The van der Waals surface area contributed by atoms with Crippen molar-refractivity contribution in [2.45, 2.75) is 31.6 Å². The molecule has 0 spiro atoms. The van der Waals surface area contributed by atoms with Crippen LogP contribution in [-0.2, 0) is 7.05 Å². The second-order valence-corrected chi connectivity index (χ2v) is 6.46. The third-order valence-corrected chi connectivity index (χ3v) is 4.54. The van der Waals surface area contributed by atoms with Crippen LogP contribution in [0.15, 0.2) is 50.3 Å². The largest absolute Gasteiger partial charge is 0.493 e. The lowest BCUT2D eigenvalue weighted by Crippen LogP contribution is -2.15. The molecule has 0 radical (unpaired) electrons. The maximum Gasteiger partial charge on any atom is 0.253 e. The summed E-state index contributed by atoms with van der Waals surface area (Å²) in [5, 5.41) is 18.2. The molecule has 23 heavy (non-hydrogen) atoms. The Kier molecular flexibility index (Phi) is 5.98. The Morgan fingerprint density at radius 3 is 2.57 bits per heavy atom. The topological polar surface area (TPSA) is 67.0 Å². The first kappa shape index (κ1) is 17.3. The Morgan fingerprint density at radius 2 is 1.91 bits per heavy atom. The number of hydrogen-bond donors (Lipinski definition) is 1. The molecule has 5 nitrogen and oxygen atoms in total. The first-order chi connectivity index (χ1) is 11.0. The Morgan fingerprint density at radius 1 is 1.22 bits per heavy atom. The van der Waals surface area contributed by atoms with E-state index in [4.69, 9.17) is 0 Å². The summed E-state index contributed by atoms with van der Waals surface area (Å²) in [6, 6.07) is 9.25. The number of aryl methyl sites for hydroxylation is 1. The average molecular weight is 331 g/mol. The van der Waals surface area contributed by atoms with Gasteiger partial charge in [-0.25, -0.2) is 0 Å².